The second-order valence-corrected chi connectivity index (χ2v) is 5.88. The summed E-state index contributed by atoms with van der Waals surface area (Å²) in [6.07, 6.45) is 1.85. The maximum Gasteiger partial charge on any atom is 0.277 e. The fourth-order valence-electron chi connectivity index (χ4n) is 2.03. The molecule has 0 atom stereocenters. The van der Waals surface area contributed by atoms with E-state index in [1.54, 1.807) is 10.6 Å². The fourth-order valence-corrected chi connectivity index (χ4v) is 2.67. The lowest BCUT2D eigenvalue weighted by atomic mass is 10.1. The van der Waals surface area contributed by atoms with Crippen molar-refractivity contribution in [3.05, 3.63) is 53.9 Å². The molecule has 0 saturated heterocycles. The van der Waals surface area contributed by atoms with Crippen molar-refractivity contribution >= 4 is 17.5 Å². The van der Waals surface area contributed by atoms with Crippen LogP contribution in [0.4, 0.5) is 0 Å². The zero-order valence-electron chi connectivity index (χ0n) is 12.3. The molecule has 0 N–H and O–H groups in total. The Kier molecular flexibility index (Phi) is 4.11. The van der Waals surface area contributed by atoms with Gasteiger partial charge >= 0.3 is 0 Å². The van der Waals surface area contributed by atoms with Gasteiger partial charge in [0.2, 0.25) is 5.89 Å². The van der Waals surface area contributed by atoms with Crippen LogP contribution in [-0.4, -0.2) is 26.3 Å². The summed E-state index contributed by atoms with van der Waals surface area (Å²) in [5, 5.41) is 8.40. The number of hydrogen-bond donors (Lipinski definition) is 0. The first-order valence-corrected chi connectivity index (χ1v) is 7.80. The number of carbonyl (C=O) groups excluding carboxylic acids is 1. The van der Waals surface area contributed by atoms with Crippen molar-refractivity contribution in [3.8, 4) is 11.5 Å². The van der Waals surface area contributed by atoms with Crippen LogP contribution in [0.25, 0.3) is 11.5 Å². The number of thioether (sulfide) groups is 1. The van der Waals surface area contributed by atoms with Gasteiger partial charge in [0.15, 0.2) is 5.78 Å². The Bertz CT molecular complexity index is 790. The van der Waals surface area contributed by atoms with Gasteiger partial charge in [-0.3, -0.25) is 4.79 Å². The fraction of sp³-hybridized carbons (Fsp3) is 0.188. The molecule has 0 spiro atoms. The molecule has 0 aliphatic rings. The molecule has 6 heteroatoms. The highest BCUT2D eigenvalue weighted by molar-refractivity contribution is 7.99. The predicted molar refractivity (Wildman–Crippen MR) is 84.9 cm³/mol. The molecule has 0 bridgehead atoms. The molecule has 2 aromatic heterocycles. The predicted octanol–water partition coefficient (Wildman–Crippen LogP) is 3.36. The number of aromatic nitrogens is 3. The number of aryl methyl sites for hydroxylation is 2. The minimum atomic E-state index is 0.0348. The van der Waals surface area contributed by atoms with Gasteiger partial charge in [-0.2, -0.15) is 0 Å². The topological polar surface area (TPSA) is 60.9 Å². The third-order valence-corrected chi connectivity index (χ3v) is 4.08. The van der Waals surface area contributed by atoms with Crippen LogP contribution in [0.1, 0.15) is 16.1 Å². The van der Waals surface area contributed by atoms with E-state index >= 15 is 0 Å². The van der Waals surface area contributed by atoms with Gasteiger partial charge in [0.1, 0.15) is 0 Å². The van der Waals surface area contributed by atoms with Gasteiger partial charge in [0, 0.05) is 18.8 Å². The van der Waals surface area contributed by atoms with Gasteiger partial charge in [-0.05, 0) is 31.2 Å². The van der Waals surface area contributed by atoms with E-state index in [1.807, 2.05) is 50.5 Å². The largest absolute Gasteiger partial charge is 0.411 e. The second-order valence-electron chi connectivity index (χ2n) is 4.96. The van der Waals surface area contributed by atoms with Gasteiger partial charge in [0.25, 0.3) is 5.22 Å². The molecule has 2 heterocycles. The zero-order valence-corrected chi connectivity index (χ0v) is 13.1. The van der Waals surface area contributed by atoms with Gasteiger partial charge in [-0.1, -0.05) is 29.5 Å². The number of carbonyl (C=O) groups is 1. The summed E-state index contributed by atoms with van der Waals surface area (Å²) in [5.74, 6) is 0.773. The van der Waals surface area contributed by atoms with E-state index in [9.17, 15) is 4.79 Å². The van der Waals surface area contributed by atoms with E-state index in [0.29, 0.717) is 16.8 Å². The van der Waals surface area contributed by atoms with Crippen LogP contribution < -0.4 is 0 Å². The van der Waals surface area contributed by atoms with Crippen molar-refractivity contribution in [2.75, 3.05) is 5.75 Å². The highest BCUT2D eigenvalue weighted by Gasteiger charge is 2.13. The highest BCUT2D eigenvalue weighted by Crippen LogP contribution is 2.24. The summed E-state index contributed by atoms with van der Waals surface area (Å²) in [6.45, 7) is 2.02. The summed E-state index contributed by atoms with van der Waals surface area (Å²) < 4.78 is 7.39. The maximum absolute atomic E-state index is 12.1. The average molecular weight is 313 g/mol. The van der Waals surface area contributed by atoms with E-state index in [0.717, 1.165) is 5.56 Å². The Morgan fingerprint density at radius 1 is 1.23 bits per heavy atom. The number of nitrogens with zero attached hydrogens (tertiary/aromatic N) is 3. The molecule has 0 amide bonds. The molecule has 0 radical (unpaired) electrons. The zero-order chi connectivity index (χ0) is 15.5. The van der Waals surface area contributed by atoms with Crippen LogP contribution >= 0.6 is 11.8 Å². The highest BCUT2D eigenvalue weighted by atomic mass is 32.2. The van der Waals surface area contributed by atoms with Crippen molar-refractivity contribution < 1.29 is 9.21 Å². The van der Waals surface area contributed by atoms with E-state index < -0.39 is 0 Å². The summed E-state index contributed by atoms with van der Waals surface area (Å²) >= 11 is 1.25. The Morgan fingerprint density at radius 2 is 2.00 bits per heavy atom. The molecule has 0 aliphatic carbocycles. The van der Waals surface area contributed by atoms with E-state index in [2.05, 4.69) is 10.2 Å². The molecule has 0 fully saturated rings. The van der Waals surface area contributed by atoms with Gasteiger partial charge in [-0.15, -0.1) is 10.2 Å². The second kappa shape index (κ2) is 6.19. The van der Waals surface area contributed by atoms with Gasteiger partial charge < -0.3 is 8.98 Å². The number of benzene rings is 1. The molecule has 22 heavy (non-hydrogen) atoms. The molecule has 5 nitrogen and oxygen atoms in total. The monoisotopic (exact) mass is 313 g/mol. The number of Topliss-reactive ketones (excluding diaryl/α,β-unsaturated/α-hetero) is 1. The Hall–Kier alpha value is -2.34. The summed E-state index contributed by atoms with van der Waals surface area (Å²) in [6, 6.07) is 11.5. The quantitative estimate of drug-likeness (QED) is 0.534. The molecule has 1 aromatic carbocycles. The Labute approximate surface area is 132 Å². The Balaban J connectivity index is 1.66. The molecule has 0 aliphatic heterocycles. The van der Waals surface area contributed by atoms with Crippen molar-refractivity contribution in [2.45, 2.75) is 12.1 Å². The summed E-state index contributed by atoms with van der Waals surface area (Å²) in [5.41, 5.74) is 2.72. The standard InChI is InChI=1S/C16H15N3O2S/c1-11-5-7-12(8-6-11)15-17-18-16(21-15)22-10-14(20)13-4-3-9-19(13)2/h3-9H,10H2,1-2H3. The van der Waals surface area contributed by atoms with Crippen molar-refractivity contribution in [1.82, 2.24) is 14.8 Å². The first kappa shape index (κ1) is 14.6. The number of rotatable bonds is 5. The smallest absolute Gasteiger partial charge is 0.277 e. The Morgan fingerprint density at radius 3 is 2.68 bits per heavy atom. The lowest BCUT2D eigenvalue weighted by molar-refractivity contribution is 0.101. The first-order valence-electron chi connectivity index (χ1n) is 6.81. The van der Waals surface area contributed by atoms with Crippen LogP contribution in [0.15, 0.2) is 52.2 Å². The van der Waals surface area contributed by atoms with Crippen LogP contribution in [0.5, 0.6) is 0 Å². The average Bonchev–Trinajstić information content (AvgIpc) is 3.14. The molecule has 0 unspecified atom stereocenters. The van der Waals surface area contributed by atoms with E-state index in [-0.39, 0.29) is 11.5 Å². The summed E-state index contributed by atoms with van der Waals surface area (Å²) in [4.78, 5) is 12.1. The van der Waals surface area contributed by atoms with Crippen LogP contribution in [0.3, 0.4) is 0 Å². The number of hydrogen-bond acceptors (Lipinski definition) is 5. The minimum absolute atomic E-state index is 0.0348. The molecule has 3 aromatic rings. The van der Waals surface area contributed by atoms with E-state index in [4.69, 9.17) is 4.42 Å². The van der Waals surface area contributed by atoms with Crippen LogP contribution in [0, 0.1) is 6.92 Å². The third-order valence-electron chi connectivity index (χ3n) is 3.26. The van der Waals surface area contributed by atoms with Crippen molar-refractivity contribution in [2.24, 2.45) is 7.05 Å². The van der Waals surface area contributed by atoms with Crippen molar-refractivity contribution in [3.63, 3.8) is 0 Å². The maximum atomic E-state index is 12.1. The normalized spacial score (nSPS) is 10.8. The van der Waals surface area contributed by atoms with Crippen molar-refractivity contribution in [1.29, 1.82) is 0 Å². The number of ketones is 1. The first-order chi connectivity index (χ1) is 10.6. The lowest BCUT2D eigenvalue weighted by Crippen LogP contribution is -2.07. The minimum Gasteiger partial charge on any atom is -0.411 e. The molecule has 0 saturated carbocycles. The molecular formula is C16H15N3O2S. The van der Waals surface area contributed by atoms with Gasteiger partial charge in [-0.25, -0.2) is 0 Å². The molecule has 3 rings (SSSR count). The SMILES string of the molecule is Cc1ccc(-c2nnc(SCC(=O)c3cccn3C)o2)cc1. The lowest BCUT2D eigenvalue weighted by Gasteiger charge is -2.00. The van der Waals surface area contributed by atoms with Crippen LogP contribution in [0.2, 0.25) is 0 Å². The van der Waals surface area contributed by atoms with Gasteiger partial charge in [0.05, 0.1) is 11.4 Å². The molecular weight excluding hydrogens is 298 g/mol. The molecule has 112 valence electrons. The summed E-state index contributed by atoms with van der Waals surface area (Å²) in [7, 11) is 1.85. The van der Waals surface area contributed by atoms with Crippen LogP contribution in [-0.2, 0) is 7.05 Å². The van der Waals surface area contributed by atoms with E-state index in [1.165, 1.54) is 17.3 Å². The third kappa shape index (κ3) is 3.12.